The lowest BCUT2D eigenvalue weighted by Gasteiger charge is -2.01. The van der Waals surface area contributed by atoms with E-state index in [0.29, 0.717) is 24.7 Å². The minimum atomic E-state index is -0.271. The van der Waals surface area contributed by atoms with Crippen molar-refractivity contribution in [2.75, 3.05) is 20.3 Å². The first-order valence-electron chi connectivity index (χ1n) is 5.59. The Morgan fingerprint density at radius 2 is 2.39 bits per heavy atom. The van der Waals surface area contributed by atoms with Gasteiger partial charge in [-0.3, -0.25) is 4.79 Å². The predicted octanol–water partition coefficient (Wildman–Crippen LogP) is 1.70. The molecular formula is C12H14N2O4. The van der Waals surface area contributed by atoms with Crippen LogP contribution in [-0.2, 0) is 4.74 Å². The van der Waals surface area contributed by atoms with E-state index < -0.39 is 0 Å². The van der Waals surface area contributed by atoms with Crippen LogP contribution in [0.2, 0.25) is 0 Å². The summed E-state index contributed by atoms with van der Waals surface area (Å²) in [6.45, 7) is 1.15. The molecule has 6 nitrogen and oxygen atoms in total. The Morgan fingerprint density at radius 3 is 3.11 bits per heavy atom. The Hall–Kier alpha value is -2.08. The van der Waals surface area contributed by atoms with Gasteiger partial charge in [0.1, 0.15) is 0 Å². The molecule has 0 aliphatic carbocycles. The van der Waals surface area contributed by atoms with Crippen molar-refractivity contribution in [3.63, 3.8) is 0 Å². The second-order valence-corrected chi connectivity index (χ2v) is 3.66. The molecule has 96 valence electrons. The van der Waals surface area contributed by atoms with Crippen LogP contribution in [0, 0.1) is 0 Å². The molecule has 1 N–H and O–H groups in total. The predicted molar refractivity (Wildman–Crippen MR) is 63.0 cm³/mol. The fraction of sp³-hybridized carbons (Fsp3) is 0.333. The summed E-state index contributed by atoms with van der Waals surface area (Å²) in [6, 6.07) is 5.02. The van der Waals surface area contributed by atoms with Crippen LogP contribution >= 0.6 is 0 Å². The van der Waals surface area contributed by atoms with Crippen molar-refractivity contribution in [1.82, 2.24) is 10.5 Å². The monoisotopic (exact) mass is 250 g/mol. The maximum Gasteiger partial charge on any atom is 0.273 e. The standard InChI is InChI=1S/C12H14N2O4/c1-16-6-3-5-13-12(15)9-8-11(18-14-9)10-4-2-7-17-10/h2,4,7-8H,3,5-6H2,1H3,(H,13,15). The summed E-state index contributed by atoms with van der Waals surface area (Å²) in [6.07, 6.45) is 2.29. The molecule has 0 aliphatic heterocycles. The molecule has 0 fully saturated rings. The molecule has 1 amide bonds. The van der Waals surface area contributed by atoms with Crippen molar-refractivity contribution in [3.05, 3.63) is 30.2 Å². The normalized spacial score (nSPS) is 10.5. The number of furan rings is 1. The number of carbonyl (C=O) groups is 1. The highest BCUT2D eigenvalue weighted by molar-refractivity contribution is 5.92. The van der Waals surface area contributed by atoms with Gasteiger partial charge in [0.05, 0.1) is 6.26 Å². The van der Waals surface area contributed by atoms with Crippen molar-refractivity contribution in [1.29, 1.82) is 0 Å². The summed E-state index contributed by atoms with van der Waals surface area (Å²) in [5.74, 6) is 0.704. The maximum atomic E-state index is 11.7. The fourth-order valence-corrected chi connectivity index (χ4v) is 1.43. The summed E-state index contributed by atoms with van der Waals surface area (Å²) in [7, 11) is 1.62. The largest absolute Gasteiger partial charge is 0.461 e. The minimum absolute atomic E-state index is 0.235. The Bertz CT molecular complexity index is 490. The zero-order chi connectivity index (χ0) is 12.8. The summed E-state index contributed by atoms with van der Waals surface area (Å²) < 4.78 is 15.1. The third kappa shape index (κ3) is 2.98. The molecule has 6 heteroatoms. The van der Waals surface area contributed by atoms with Crippen LogP contribution in [-0.4, -0.2) is 31.3 Å². The van der Waals surface area contributed by atoms with E-state index in [1.54, 1.807) is 25.3 Å². The van der Waals surface area contributed by atoms with Crippen LogP contribution in [0.15, 0.2) is 33.4 Å². The van der Waals surface area contributed by atoms with Gasteiger partial charge < -0.3 is 19.0 Å². The van der Waals surface area contributed by atoms with E-state index in [-0.39, 0.29) is 11.6 Å². The van der Waals surface area contributed by atoms with E-state index in [9.17, 15) is 4.79 Å². The van der Waals surface area contributed by atoms with E-state index in [4.69, 9.17) is 13.7 Å². The number of nitrogens with one attached hydrogen (secondary N) is 1. The third-order valence-electron chi connectivity index (χ3n) is 2.32. The van der Waals surface area contributed by atoms with E-state index >= 15 is 0 Å². The number of amides is 1. The lowest BCUT2D eigenvalue weighted by Crippen LogP contribution is -2.25. The van der Waals surface area contributed by atoms with Gasteiger partial charge in [-0.05, 0) is 18.6 Å². The maximum absolute atomic E-state index is 11.7. The molecule has 0 saturated heterocycles. The first-order chi connectivity index (χ1) is 8.81. The molecule has 2 heterocycles. The van der Waals surface area contributed by atoms with E-state index in [0.717, 1.165) is 6.42 Å². The molecule has 2 rings (SSSR count). The molecule has 0 bridgehead atoms. The molecule has 2 aromatic rings. The number of aromatic nitrogens is 1. The quantitative estimate of drug-likeness (QED) is 0.789. The van der Waals surface area contributed by atoms with Gasteiger partial charge >= 0.3 is 0 Å². The fourth-order valence-electron chi connectivity index (χ4n) is 1.43. The van der Waals surface area contributed by atoms with Gasteiger partial charge in [0.15, 0.2) is 11.5 Å². The summed E-state index contributed by atoms with van der Waals surface area (Å²) in [5.41, 5.74) is 0.235. The van der Waals surface area contributed by atoms with Crippen LogP contribution in [0.4, 0.5) is 0 Å². The highest BCUT2D eigenvalue weighted by Crippen LogP contribution is 2.20. The minimum Gasteiger partial charge on any atom is -0.461 e. The zero-order valence-electron chi connectivity index (χ0n) is 10.0. The Morgan fingerprint density at radius 1 is 1.50 bits per heavy atom. The lowest BCUT2D eigenvalue weighted by atomic mass is 10.3. The molecule has 0 atom stereocenters. The molecule has 0 aromatic carbocycles. The highest BCUT2D eigenvalue weighted by Gasteiger charge is 2.14. The number of rotatable bonds is 6. The Kier molecular flexibility index (Phi) is 4.14. The number of hydrogen-bond acceptors (Lipinski definition) is 5. The van der Waals surface area contributed by atoms with Gasteiger partial charge in [-0.1, -0.05) is 5.16 Å². The van der Waals surface area contributed by atoms with Crippen molar-refractivity contribution in [2.24, 2.45) is 0 Å². The molecule has 0 saturated carbocycles. The van der Waals surface area contributed by atoms with Crippen molar-refractivity contribution in [3.8, 4) is 11.5 Å². The second-order valence-electron chi connectivity index (χ2n) is 3.66. The molecule has 0 aliphatic rings. The number of ether oxygens (including phenoxy) is 1. The van der Waals surface area contributed by atoms with Crippen LogP contribution in [0.3, 0.4) is 0 Å². The Labute approximate surface area is 104 Å². The lowest BCUT2D eigenvalue weighted by molar-refractivity contribution is 0.0939. The van der Waals surface area contributed by atoms with Gasteiger partial charge in [-0.2, -0.15) is 0 Å². The van der Waals surface area contributed by atoms with Gasteiger partial charge in [0, 0.05) is 26.3 Å². The Balaban J connectivity index is 1.91. The van der Waals surface area contributed by atoms with Crippen LogP contribution in [0.25, 0.3) is 11.5 Å². The van der Waals surface area contributed by atoms with Gasteiger partial charge in [-0.15, -0.1) is 0 Å². The van der Waals surface area contributed by atoms with E-state index in [1.807, 2.05) is 0 Å². The van der Waals surface area contributed by atoms with E-state index in [2.05, 4.69) is 10.5 Å². The van der Waals surface area contributed by atoms with Gasteiger partial charge in [0.2, 0.25) is 5.76 Å². The van der Waals surface area contributed by atoms with Crippen molar-refractivity contribution in [2.45, 2.75) is 6.42 Å². The van der Waals surface area contributed by atoms with Crippen molar-refractivity contribution < 1.29 is 18.5 Å². The number of carbonyl (C=O) groups excluding carboxylic acids is 1. The van der Waals surface area contributed by atoms with Crippen molar-refractivity contribution >= 4 is 5.91 Å². The average Bonchev–Trinajstić information content (AvgIpc) is 3.03. The summed E-state index contributed by atoms with van der Waals surface area (Å²) in [5, 5.41) is 6.41. The molecular weight excluding hydrogens is 236 g/mol. The summed E-state index contributed by atoms with van der Waals surface area (Å²) in [4.78, 5) is 11.7. The number of methoxy groups -OCH3 is 1. The van der Waals surface area contributed by atoms with Crippen LogP contribution in [0.1, 0.15) is 16.9 Å². The topological polar surface area (TPSA) is 77.5 Å². The third-order valence-corrected chi connectivity index (χ3v) is 2.32. The van der Waals surface area contributed by atoms with Gasteiger partial charge in [-0.25, -0.2) is 0 Å². The molecule has 0 radical (unpaired) electrons. The zero-order valence-corrected chi connectivity index (χ0v) is 10.0. The SMILES string of the molecule is COCCCNC(=O)c1cc(-c2ccco2)on1. The highest BCUT2D eigenvalue weighted by atomic mass is 16.5. The summed E-state index contributed by atoms with van der Waals surface area (Å²) >= 11 is 0. The number of hydrogen-bond donors (Lipinski definition) is 1. The van der Waals surface area contributed by atoms with E-state index in [1.165, 1.54) is 6.26 Å². The second kappa shape index (κ2) is 6.02. The molecule has 18 heavy (non-hydrogen) atoms. The first-order valence-corrected chi connectivity index (χ1v) is 5.59. The average molecular weight is 250 g/mol. The molecule has 0 unspecified atom stereocenters. The van der Waals surface area contributed by atoms with Crippen LogP contribution < -0.4 is 5.32 Å². The van der Waals surface area contributed by atoms with Gasteiger partial charge in [0.25, 0.3) is 5.91 Å². The van der Waals surface area contributed by atoms with Crippen LogP contribution in [0.5, 0.6) is 0 Å². The molecule has 2 aromatic heterocycles. The smallest absolute Gasteiger partial charge is 0.273 e. The first kappa shape index (κ1) is 12.4. The number of nitrogens with zero attached hydrogens (tertiary/aromatic N) is 1. The molecule has 0 spiro atoms.